The van der Waals surface area contributed by atoms with Crippen LogP contribution in [-0.4, -0.2) is 45.2 Å². The lowest BCUT2D eigenvalue weighted by Crippen LogP contribution is -2.47. The van der Waals surface area contributed by atoms with Gasteiger partial charge in [-0.25, -0.2) is 0 Å². The zero-order valence-corrected chi connectivity index (χ0v) is 12.6. The highest BCUT2D eigenvalue weighted by Gasteiger charge is 2.18. The van der Waals surface area contributed by atoms with Crippen LogP contribution in [0.1, 0.15) is 16.7 Å². The second-order valence-electron chi connectivity index (χ2n) is 5.80. The Bertz CT molecular complexity index is 427. The number of hydrogen-bond acceptors (Lipinski definition) is 3. The summed E-state index contributed by atoms with van der Waals surface area (Å²) in [4.78, 5) is 2.43. The molecule has 1 aliphatic rings. The van der Waals surface area contributed by atoms with Gasteiger partial charge in [0.05, 0.1) is 7.11 Å². The third kappa shape index (κ3) is 3.71. The predicted molar refractivity (Wildman–Crippen MR) is 80.0 cm³/mol. The molecule has 1 aromatic carbocycles. The molecule has 1 aromatic rings. The molecule has 0 saturated carbocycles. The molecule has 0 bridgehead atoms. The number of likely N-dealkylation sites (N-methyl/N-ethyl adjacent to an activating group) is 1. The number of nitrogens with zero attached hydrogens (tertiary/aromatic N) is 1. The molecule has 0 spiro atoms. The van der Waals surface area contributed by atoms with Crippen LogP contribution in [0.3, 0.4) is 0 Å². The van der Waals surface area contributed by atoms with Crippen LogP contribution in [-0.2, 0) is 6.42 Å². The zero-order chi connectivity index (χ0) is 13.8. The molecule has 1 heterocycles. The quantitative estimate of drug-likeness (QED) is 0.849. The van der Waals surface area contributed by atoms with Crippen molar-refractivity contribution in [3.63, 3.8) is 0 Å². The van der Waals surface area contributed by atoms with Crippen molar-refractivity contribution in [2.75, 3.05) is 40.3 Å². The van der Waals surface area contributed by atoms with Gasteiger partial charge in [0.1, 0.15) is 5.75 Å². The van der Waals surface area contributed by atoms with Gasteiger partial charge in [0.15, 0.2) is 0 Å². The van der Waals surface area contributed by atoms with Crippen molar-refractivity contribution in [2.45, 2.75) is 20.3 Å². The maximum Gasteiger partial charge on any atom is 0.122 e. The molecule has 19 heavy (non-hydrogen) atoms. The van der Waals surface area contributed by atoms with E-state index in [0.29, 0.717) is 0 Å². The highest BCUT2D eigenvalue weighted by atomic mass is 16.5. The van der Waals surface area contributed by atoms with E-state index in [2.05, 4.69) is 43.2 Å². The molecule has 0 aromatic heterocycles. The smallest absolute Gasteiger partial charge is 0.122 e. The summed E-state index contributed by atoms with van der Waals surface area (Å²) >= 11 is 0. The van der Waals surface area contributed by atoms with E-state index in [9.17, 15) is 0 Å². The Morgan fingerprint density at radius 1 is 1.32 bits per heavy atom. The second-order valence-corrected chi connectivity index (χ2v) is 5.80. The number of rotatable bonds is 6. The average molecular weight is 262 g/mol. The van der Waals surface area contributed by atoms with Gasteiger partial charge in [0.2, 0.25) is 0 Å². The maximum atomic E-state index is 5.52. The molecular formula is C16H26N2O. The molecule has 106 valence electrons. The van der Waals surface area contributed by atoms with Crippen LogP contribution in [0.4, 0.5) is 0 Å². The van der Waals surface area contributed by atoms with E-state index in [1.807, 2.05) is 0 Å². The molecular weight excluding hydrogens is 236 g/mol. The van der Waals surface area contributed by atoms with Gasteiger partial charge >= 0.3 is 0 Å². The molecule has 1 N–H and O–H groups in total. The lowest BCUT2D eigenvalue weighted by molar-refractivity contribution is 0.225. The normalized spacial score (nSPS) is 15.6. The fourth-order valence-corrected chi connectivity index (χ4v) is 2.77. The van der Waals surface area contributed by atoms with E-state index in [1.165, 1.54) is 36.3 Å². The minimum absolute atomic E-state index is 0.839. The first-order valence-corrected chi connectivity index (χ1v) is 7.13. The molecule has 0 unspecified atom stereocenters. The van der Waals surface area contributed by atoms with Crippen LogP contribution in [0, 0.1) is 19.8 Å². The summed E-state index contributed by atoms with van der Waals surface area (Å²) in [5, 5.41) is 3.33. The molecule has 1 saturated heterocycles. The molecule has 0 aliphatic carbocycles. The van der Waals surface area contributed by atoms with Crippen LogP contribution >= 0.6 is 0 Å². The summed E-state index contributed by atoms with van der Waals surface area (Å²) in [6.07, 6.45) is 1.06. The first-order valence-electron chi connectivity index (χ1n) is 7.13. The van der Waals surface area contributed by atoms with Crippen molar-refractivity contribution in [3.05, 3.63) is 28.8 Å². The summed E-state index contributed by atoms with van der Waals surface area (Å²) in [5.41, 5.74) is 3.97. The largest absolute Gasteiger partial charge is 0.496 e. The van der Waals surface area contributed by atoms with E-state index in [0.717, 1.165) is 24.6 Å². The Morgan fingerprint density at radius 2 is 2.05 bits per heavy atom. The molecule has 3 nitrogen and oxygen atoms in total. The SMILES string of the molecule is COc1cc(C)cc(C)c1CCN(C)CC1CNC1. The molecule has 0 amide bonds. The first-order chi connectivity index (χ1) is 9.10. The number of methoxy groups -OCH3 is 1. The Balaban J connectivity index is 1.94. The summed E-state index contributed by atoms with van der Waals surface area (Å²) in [6.45, 7) is 8.95. The van der Waals surface area contributed by atoms with Crippen molar-refractivity contribution in [3.8, 4) is 5.75 Å². The van der Waals surface area contributed by atoms with Gasteiger partial charge in [-0.15, -0.1) is 0 Å². The van der Waals surface area contributed by atoms with Crippen molar-refractivity contribution in [1.29, 1.82) is 0 Å². The topological polar surface area (TPSA) is 24.5 Å². The second kappa shape index (κ2) is 6.40. The van der Waals surface area contributed by atoms with E-state index >= 15 is 0 Å². The van der Waals surface area contributed by atoms with Crippen molar-refractivity contribution in [2.24, 2.45) is 5.92 Å². The minimum Gasteiger partial charge on any atom is -0.496 e. The number of nitrogens with one attached hydrogen (secondary N) is 1. The fraction of sp³-hybridized carbons (Fsp3) is 0.625. The van der Waals surface area contributed by atoms with Gasteiger partial charge in [-0.3, -0.25) is 0 Å². The van der Waals surface area contributed by atoms with E-state index in [4.69, 9.17) is 4.74 Å². The average Bonchev–Trinajstić information content (AvgIpc) is 2.31. The molecule has 0 radical (unpaired) electrons. The Kier molecular flexibility index (Phi) is 4.83. The number of benzene rings is 1. The van der Waals surface area contributed by atoms with Gasteiger partial charge in [-0.1, -0.05) is 6.07 Å². The van der Waals surface area contributed by atoms with Crippen LogP contribution in [0.2, 0.25) is 0 Å². The highest BCUT2D eigenvalue weighted by molar-refractivity contribution is 5.43. The molecule has 1 aliphatic heterocycles. The third-order valence-corrected chi connectivity index (χ3v) is 3.98. The predicted octanol–water partition coefficient (Wildman–Crippen LogP) is 2.01. The Hall–Kier alpha value is -1.06. The molecule has 3 heteroatoms. The third-order valence-electron chi connectivity index (χ3n) is 3.98. The lowest BCUT2D eigenvalue weighted by atomic mass is 10.0. The van der Waals surface area contributed by atoms with Gasteiger partial charge in [0, 0.05) is 26.2 Å². The molecule has 2 rings (SSSR count). The number of aryl methyl sites for hydroxylation is 2. The van der Waals surface area contributed by atoms with Crippen LogP contribution < -0.4 is 10.1 Å². The van der Waals surface area contributed by atoms with Gasteiger partial charge in [-0.2, -0.15) is 0 Å². The summed E-state index contributed by atoms with van der Waals surface area (Å²) < 4.78 is 5.52. The van der Waals surface area contributed by atoms with Crippen LogP contribution in [0.25, 0.3) is 0 Å². The standard InChI is InChI=1S/C16H26N2O/c1-12-7-13(2)15(16(8-12)19-4)5-6-18(3)11-14-9-17-10-14/h7-8,14,17H,5-6,9-11H2,1-4H3. The highest BCUT2D eigenvalue weighted by Crippen LogP contribution is 2.24. The monoisotopic (exact) mass is 262 g/mol. The minimum atomic E-state index is 0.839. The number of hydrogen-bond donors (Lipinski definition) is 1. The summed E-state index contributed by atoms with van der Waals surface area (Å²) in [7, 11) is 3.98. The summed E-state index contributed by atoms with van der Waals surface area (Å²) in [5.74, 6) is 1.88. The Labute approximate surface area is 116 Å². The Morgan fingerprint density at radius 3 is 2.63 bits per heavy atom. The fourth-order valence-electron chi connectivity index (χ4n) is 2.77. The van der Waals surface area contributed by atoms with Gasteiger partial charge in [-0.05, 0) is 56.0 Å². The van der Waals surface area contributed by atoms with Gasteiger partial charge < -0.3 is 15.0 Å². The summed E-state index contributed by atoms with van der Waals surface area (Å²) in [6, 6.07) is 4.38. The first kappa shape index (κ1) is 14.4. The molecule has 1 fully saturated rings. The molecule has 0 atom stereocenters. The van der Waals surface area contributed by atoms with Crippen molar-refractivity contribution in [1.82, 2.24) is 10.2 Å². The zero-order valence-electron chi connectivity index (χ0n) is 12.6. The number of ether oxygens (including phenoxy) is 1. The van der Waals surface area contributed by atoms with Crippen LogP contribution in [0.5, 0.6) is 5.75 Å². The van der Waals surface area contributed by atoms with Crippen LogP contribution in [0.15, 0.2) is 12.1 Å². The van der Waals surface area contributed by atoms with E-state index in [1.54, 1.807) is 7.11 Å². The van der Waals surface area contributed by atoms with E-state index in [-0.39, 0.29) is 0 Å². The van der Waals surface area contributed by atoms with Gasteiger partial charge in [0.25, 0.3) is 0 Å². The van der Waals surface area contributed by atoms with E-state index < -0.39 is 0 Å². The lowest BCUT2D eigenvalue weighted by Gasteiger charge is -2.31. The maximum absolute atomic E-state index is 5.52. The van der Waals surface area contributed by atoms with Crippen molar-refractivity contribution < 1.29 is 4.74 Å². The van der Waals surface area contributed by atoms with Crippen molar-refractivity contribution >= 4 is 0 Å².